The van der Waals surface area contributed by atoms with Gasteiger partial charge in [-0.1, -0.05) is 70.2 Å². The number of carboxylic acids is 1. The summed E-state index contributed by atoms with van der Waals surface area (Å²) in [6.45, 7) is 9.65. The van der Waals surface area contributed by atoms with Gasteiger partial charge in [0.05, 0.1) is 5.56 Å². The summed E-state index contributed by atoms with van der Waals surface area (Å²) in [6, 6.07) is 15.2. The Morgan fingerprint density at radius 1 is 1.07 bits per heavy atom. The molecule has 1 unspecified atom stereocenters. The average Bonchev–Trinajstić information content (AvgIpc) is 3.14. The van der Waals surface area contributed by atoms with E-state index in [1.807, 2.05) is 24.3 Å². The summed E-state index contributed by atoms with van der Waals surface area (Å²) in [5.41, 5.74) is 3.09. The van der Waals surface area contributed by atoms with E-state index >= 15 is 0 Å². The normalized spacial score (nSPS) is 12.3. The molecule has 5 heteroatoms. The Kier molecular flexibility index (Phi) is 7.03. The fraction of sp³-hybridized carbons (Fsp3) is 0.400. The molecule has 0 spiro atoms. The zero-order chi connectivity index (χ0) is 21.7. The number of carbonyl (C=O) groups is 1. The molecular formula is C25H31N3O2. The van der Waals surface area contributed by atoms with Gasteiger partial charge in [-0.05, 0) is 41.5 Å². The molecule has 0 bridgehead atoms. The smallest absolute Gasteiger partial charge is 0.336 e. The van der Waals surface area contributed by atoms with Crippen molar-refractivity contribution in [2.24, 2.45) is 5.92 Å². The molecule has 2 aromatic carbocycles. The Morgan fingerprint density at radius 2 is 1.77 bits per heavy atom. The maximum Gasteiger partial charge on any atom is 0.336 e. The number of nitrogens with zero attached hydrogens (tertiary/aromatic N) is 3. The van der Waals surface area contributed by atoms with Gasteiger partial charge in [0.1, 0.15) is 5.82 Å². The van der Waals surface area contributed by atoms with Gasteiger partial charge in [0.25, 0.3) is 0 Å². The van der Waals surface area contributed by atoms with Crippen LogP contribution in [0.4, 0.5) is 0 Å². The van der Waals surface area contributed by atoms with Crippen molar-refractivity contribution in [2.45, 2.75) is 59.4 Å². The maximum absolute atomic E-state index is 11.5. The molecule has 3 rings (SSSR count). The van der Waals surface area contributed by atoms with Gasteiger partial charge in [0.15, 0.2) is 5.82 Å². The minimum atomic E-state index is -0.912. The third-order valence-corrected chi connectivity index (χ3v) is 5.52. The Labute approximate surface area is 178 Å². The second-order valence-electron chi connectivity index (χ2n) is 8.33. The molecule has 0 aliphatic heterocycles. The van der Waals surface area contributed by atoms with Crippen molar-refractivity contribution in [1.29, 1.82) is 0 Å². The first-order valence-corrected chi connectivity index (χ1v) is 10.7. The van der Waals surface area contributed by atoms with Crippen molar-refractivity contribution in [3.8, 4) is 11.1 Å². The molecule has 0 amide bonds. The predicted octanol–water partition coefficient (Wildman–Crippen LogP) is 5.79. The van der Waals surface area contributed by atoms with Crippen LogP contribution in [0, 0.1) is 5.92 Å². The zero-order valence-electron chi connectivity index (χ0n) is 18.3. The highest BCUT2D eigenvalue weighted by atomic mass is 16.4. The van der Waals surface area contributed by atoms with Gasteiger partial charge in [-0.25, -0.2) is 14.5 Å². The Bertz CT molecular complexity index is 990. The number of aromatic carboxylic acids is 1. The van der Waals surface area contributed by atoms with Gasteiger partial charge in [-0.3, -0.25) is 0 Å². The summed E-state index contributed by atoms with van der Waals surface area (Å²) < 4.78 is 2.06. The monoisotopic (exact) mass is 405 g/mol. The first-order valence-electron chi connectivity index (χ1n) is 10.7. The molecule has 30 heavy (non-hydrogen) atoms. The zero-order valence-corrected chi connectivity index (χ0v) is 18.3. The van der Waals surface area contributed by atoms with E-state index in [1.165, 1.54) is 0 Å². The summed E-state index contributed by atoms with van der Waals surface area (Å²) in [7, 11) is 0. The first-order chi connectivity index (χ1) is 14.4. The summed E-state index contributed by atoms with van der Waals surface area (Å²) in [5.74, 6) is 1.96. The highest BCUT2D eigenvalue weighted by Crippen LogP contribution is 2.25. The van der Waals surface area contributed by atoms with E-state index < -0.39 is 5.97 Å². The van der Waals surface area contributed by atoms with Gasteiger partial charge in [0, 0.05) is 18.9 Å². The predicted molar refractivity (Wildman–Crippen MR) is 120 cm³/mol. The summed E-state index contributed by atoms with van der Waals surface area (Å²) in [5, 5.41) is 14.2. The van der Waals surface area contributed by atoms with Crippen LogP contribution in [0.2, 0.25) is 0 Å². The molecule has 0 saturated heterocycles. The van der Waals surface area contributed by atoms with Crippen molar-refractivity contribution < 1.29 is 9.90 Å². The van der Waals surface area contributed by atoms with Crippen molar-refractivity contribution in [3.63, 3.8) is 0 Å². The van der Waals surface area contributed by atoms with Crippen LogP contribution in [-0.4, -0.2) is 25.8 Å². The Balaban J connectivity index is 1.84. The quantitative estimate of drug-likeness (QED) is 0.489. The number of aromatic nitrogens is 3. The van der Waals surface area contributed by atoms with Crippen LogP contribution in [0.1, 0.15) is 74.0 Å². The average molecular weight is 406 g/mol. The SMILES string of the molecule is CCC(C)c1nc(Cc2ccc(-c3ccccc3C(=O)O)cc2)n(CCC(C)C)n1. The second kappa shape index (κ2) is 9.70. The van der Waals surface area contributed by atoms with Crippen molar-refractivity contribution >= 4 is 5.97 Å². The van der Waals surface area contributed by atoms with Crippen LogP contribution < -0.4 is 0 Å². The number of aryl methyl sites for hydroxylation is 1. The topological polar surface area (TPSA) is 68.0 Å². The number of hydrogen-bond acceptors (Lipinski definition) is 3. The Morgan fingerprint density at radius 3 is 2.40 bits per heavy atom. The largest absolute Gasteiger partial charge is 0.478 e. The molecule has 1 N–H and O–H groups in total. The lowest BCUT2D eigenvalue weighted by Crippen LogP contribution is -2.08. The highest BCUT2D eigenvalue weighted by molar-refractivity contribution is 5.95. The van der Waals surface area contributed by atoms with Crippen LogP contribution in [0.5, 0.6) is 0 Å². The number of carboxylic acid groups (broad SMARTS) is 1. The van der Waals surface area contributed by atoms with E-state index in [0.717, 1.165) is 47.7 Å². The molecule has 0 aliphatic carbocycles. The molecule has 158 valence electrons. The van der Waals surface area contributed by atoms with E-state index in [0.29, 0.717) is 23.8 Å². The van der Waals surface area contributed by atoms with Gasteiger partial charge in [0.2, 0.25) is 0 Å². The molecule has 3 aromatic rings. The van der Waals surface area contributed by atoms with Crippen molar-refractivity contribution in [2.75, 3.05) is 0 Å². The molecule has 1 heterocycles. The number of benzene rings is 2. The van der Waals surface area contributed by atoms with Crippen LogP contribution in [-0.2, 0) is 13.0 Å². The number of rotatable bonds is 9. The lowest BCUT2D eigenvalue weighted by molar-refractivity contribution is 0.0697. The van der Waals surface area contributed by atoms with E-state index in [-0.39, 0.29) is 0 Å². The first kappa shape index (κ1) is 21.8. The van der Waals surface area contributed by atoms with E-state index in [4.69, 9.17) is 10.1 Å². The maximum atomic E-state index is 11.5. The molecular weight excluding hydrogens is 374 g/mol. The van der Waals surface area contributed by atoms with Gasteiger partial charge >= 0.3 is 5.97 Å². The molecule has 5 nitrogen and oxygen atoms in total. The van der Waals surface area contributed by atoms with E-state index in [1.54, 1.807) is 12.1 Å². The van der Waals surface area contributed by atoms with Crippen LogP contribution in [0.25, 0.3) is 11.1 Å². The van der Waals surface area contributed by atoms with Crippen molar-refractivity contribution in [3.05, 3.63) is 71.3 Å². The molecule has 0 radical (unpaired) electrons. The molecule has 0 fully saturated rings. The molecule has 1 aromatic heterocycles. The third kappa shape index (κ3) is 5.15. The summed E-state index contributed by atoms with van der Waals surface area (Å²) in [6.07, 6.45) is 2.80. The van der Waals surface area contributed by atoms with E-state index in [9.17, 15) is 9.90 Å². The summed E-state index contributed by atoms with van der Waals surface area (Å²) >= 11 is 0. The van der Waals surface area contributed by atoms with E-state index in [2.05, 4.69) is 44.5 Å². The van der Waals surface area contributed by atoms with Crippen molar-refractivity contribution in [1.82, 2.24) is 14.8 Å². The van der Waals surface area contributed by atoms with Gasteiger partial charge in [-0.15, -0.1) is 0 Å². The van der Waals surface area contributed by atoms with Crippen LogP contribution in [0.15, 0.2) is 48.5 Å². The highest BCUT2D eigenvalue weighted by Gasteiger charge is 2.16. The minimum absolute atomic E-state index is 0.317. The van der Waals surface area contributed by atoms with Gasteiger partial charge in [-0.2, -0.15) is 5.10 Å². The molecule has 0 saturated carbocycles. The standard InChI is InChI=1S/C25H31N3O2/c1-5-18(4)24-26-23(28(27-24)15-14-17(2)3)16-19-10-12-20(13-11-19)21-8-6-7-9-22(21)25(29)30/h6-13,17-18H,5,14-16H2,1-4H3,(H,29,30). The lowest BCUT2D eigenvalue weighted by atomic mass is 9.98. The second-order valence-corrected chi connectivity index (χ2v) is 8.33. The summed E-state index contributed by atoms with van der Waals surface area (Å²) in [4.78, 5) is 16.4. The fourth-order valence-electron chi connectivity index (χ4n) is 3.38. The number of hydrogen-bond donors (Lipinski definition) is 1. The van der Waals surface area contributed by atoms with Crippen LogP contribution in [0.3, 0.4) is 0 Å². The third-order valence-electron chi connectivity index (χ3n) is 5.52. The van der Waals surface area contributed by atoms with Crippen LogP contribution >= 0.6 is 0 Å². The molecule has 0 aliphatic rings. The molecule has 1 atom stereocenters. The lowest BCUT2D eigenvalue weighted by Gasteiger charge is -2.09. The van der Waals surface area contributed by atoms with Gasteiger partial charge < -0.3 is 5.11 Å². The Hall–Kier alpha value is -2.95. The minimum Gasteiger partial charge on any atom is -0.478 e. The fourth-order valence-corrected chi connectivity index (χ4v) is 3.38.